The summed E-state index contributed by atoms with van der Waals surface area (Å²) < 4.78 is 4.91. The monoisotopic (exact) mass is 336 g/mol. The van der Waals surface area contributed by atoms with Crippen LogP contribution in [-0.2, 0) is 9.53 Å². The fourth-order valence-corrected chi connectivity index (χ4v) is 5.95. The summed E-state index contributed by atoms with van der Waals surface area (Å²) >= 11 is 0. The van der Waals surface area contributed by atoms with Crippen LogP contribution < -0.4 is 0 Å². The topological polar surface area (TPSA) is 66.8 Å². The molecule has 0 aromatic rings. The van der Waals surface area contributed by atoms with Gasteiger partial charge in [0.25, 0.3) is 0 Å². The molecule has 3 aliphatic rings. The molecule has 2 aliphatic carbocycles. The third-order valence-corrected chi connectivity index (χ3v) is 7.79. The van der Waals surface area contributed by atoms with E-state index in [0.29, 0.717) is 18.8 Å². The van der Waals surface area contributed by atoms with Gasteiger partial charge in [-0.05, 0) is 61.9 Å². The first-order valence-corrected chi connectivity index (χ1v) is 9.40. The molecule has 2 fully saturated rings. The van der Waals surface area contributed by atoms with Gasteiger partial charge in [-0.25, -0.2) is 0 Å². The number of esters is 1. The lowest BCUT2D eigenvalue weighted by molar-refractivity contribution is -0.232. The minimum absolute atomic E-state index is 0.187. The summed E-state index contributed by atoms with van der Waals surface area (Å²) in [6.07, 6.45) is 7.79. The molecule has 1 heterocycles. The minimum atomic E-state index is -0.802. The van der Waals surface area contributed by atoms with Gasteiger partial charge in [-0.15, -0.1) is 0 Å². The van der Waals surface area contributed by atoms with Crippen molar-refractivity contribution in [3.63, 3.8) is 0 Å². The lowest BCUT2D eigenvalue weighted by atomic mass is 9.43. The van der Waals surface area contributed by atoms with Crippen LogP contribution >= 0.6 is 0 Å². The van der Waals surface area contributed by atoms with Crippen molar-refractivity contribution in [2.24, 2.45) is 28.6 Å². The number of hydrogen-bond acceptors (Lipinski definition) is 4. The van der Waals surface area contributed by atoms with Crippen molar-refractivity contribution < 1.29 is 19.7 Å². The number of aliphatic hydroxyl groups excluding tert-OH is 1. The maximum absolute atomic E-state index is 11.8. The molecule has 0 aromatic heterocycles. The Hall–Kier alpha value is -0.870. The second-order valence-corrected chi connectivity index (χ2v) is 9.16. The second-order valence-electron chi connectivity index (χ2n) is 9.16. The molecule has 4 nitrogen and oxygen atoms in total. The highest BCUT2D eigenvalue weighted by Crippen LogP contribution is 2.63. The van der Waals surface area contributed by atoms with Gasteiger partial charge in [-0.1, -0.05) is 27.7 Å². The summed E-state index contributed by atoms with van der Waals surface area (Å²) in [6.45, 7) is 8.65. The number of hydrogen-bond donors (Lipinski definition) is 2. The van der Waals surface area contributed by atoms with Crippen molar-refractivity contribution in [3.05, 3.63) is 12.3 Å². The Balaban J connectivity index is 1.86. The van der Waals surface area contributed by atoms with Crippen molar-refractivity contribution in [3.8, 4) is 0 Å². The van der Waals surface area contributed by atoms with E-state index in [2.05, 4.69) is 27.7 Å². The number of fused-ring (bicyclic) bond motifs is 1. The number of carbonyl (C=O) groups excluding carboxylic acids is 1. The van der Waals surface area contributed by atoms with Gasteiger partial charge in [-0.3, -0.25) is 4.79 Å². The zero-order chi connectivity index (χ0) is 17.8. The van der Waals surface area contributed by atoms with Gasteiger partial charge in [0.05, 0.1) is 23.9 Å². The van der Waals surface area contributed by atoms with Gasteiger partial charge in [-0.2, -0.15) is 0 Å². The first-order valence-electron chi connectivity index (χ1n) is 9.40. The molecule has 2 N–H and O–H groups in total. The van der Waals surface area contributed by atoms with Gasteiger partial charge in [0.1, 0.15) is 0 Å². The molecule has 4 heteroatoms. The van der Waals surface area contributed by atoms with E-state index >= 15 is 0 Å². The van der Waals surface area contributed by atoms with Gasteiger partial charge >= 0.3 is 5.97 Å². The molecule has 0 aromatic carbocycles. The predicted octanol–water partition coefficient (Wildman–Crippen LogP) is 3.42. The normalized spacial score (nSPS) is 47.3. The summed E-state index contributed by atoms with van der Waals surface area (Å²) in [5.41, 5.74) is -1.21. The highest BCUT2D eigenvalue weighted by Gasteiger charge is 2.62. The van der Waals surface area contributed by atoms with Crippen molar-refractivity contribution >= 4 is 5.97 Å². The number of ether oxygens (including phenoxy) is 1. The van der Waals surface area contributed by atoms with Crippen LogP contribution in [0.3, 0.4) is 0 Å². The number of rotatable bonds is 3. The Labute approximate surface area is 145 Å². The van der Waals surface area contributed by atoms with E-state index in [-0.39, 0.29) is 34.7 Å². The molecule has 0 radical (unpaired) electrons. The average Bonchev–Trinajstić information content (AvgIpc) is 2.92. The van der Waals surface area contributed by atoms with Crippen LogP contribution in [0, 0.1) is 28.6 Å². The molecule has 3 rings (SSSR count). The van der Waals surface area contributed by atoms with E-state index in [1.807, 2.05) is 0 Å². The predicted molar refractivity (Wildman–Crippen MR) is 91.9 cm³/mol. The maximum atomic E-state index is 11.8. The van der Waals surface area contributed by atoms with E-state index in [0.717, 1.165) is 25.7 Å². The summed E-state index contributed by atoms with van der Waals surface area (Å²) in [6, 6.07) is 0. The molecule has 2 saturated carbocycles. The van der Waals surface area contributed by atoms with Crippen molar-refractivity contribution in [1.82, 2.24) is 0 Å². The molecule has 0 amide bonds. The van der Waals surface area contributed by atoms with Crippen LogP contribution in [0.1, 0.15) is 66.2 Å². The smallest absolute Gasteiger partial charge is 0.317 e. The highest BCUT2D eigenvalue weighted by atomic mass is 16.5. The molecule has 0 bridgehead atoms. The zero-order valence-corrected chi connectivity index (χ0v) is 15.4. The van der Waals surface area contributed by atoms with E-state index in [9.17, 15) is 15.0 Å². The van der Waals surface area contributed by atoms with Crippen LogP contribution in [0.15, 0.2) is 12.3 Å². The van der Waals surface area contributed by atoms with E-state index < -0.39 is 5.60 Å². The van der Waals surface area contributed by atoms with Crippen LogP contribution in [0.4, 0.5) is 0 Å². The van der Waals surface area contributed by atoms with Crippen LogP contribution in [0.25, 0.3) is 0 Å². The lowest BCUT2D eigenvalue weighted by Gasteiger charge is -2.64. The number of cyclic esters (lactones) is 1. The van der Waals surface area contributed by atoms with E-state index in [4.69, 9.17) is 4.74 Å². The van der Waals surface area contributed by atoms with Crippen LogP contribution in [0.2, 0.25) is 0 Å². The lowest BCUT2D eigenvalue weighted by Crippen LogP contribution is -2.64. The summed E-state index contributed by atoms with van der Waals surface area (Å²) in [5, 5.41) is 22.3. The molecule has 0 unspecified atom stereocenters. The van der Waals surface area contributed by atoms with Crippen molar-refractivity contribution in [1.29, 1.82) is 0 Å². The standard InChI is InChI=1S/C20H32O4/c1-13-5-6-15-18(2,3)16(21)8-10-19(15,4)20(13,23)11-7-14-9-12-24-17(14)22/h9,12-16,21,23H,5-8,10-11H2,1-4H3/t13-,14+,15+,16+,19+,20-/m1/s1. The summed E-state index contributed by atoms with van der Waals surface area (Å²) in [7, 11) is 0. The molecule has 0 saturated heterocycles. The van der Waals surface area contributed by atoms with Gasteiger partial charge in [0, 0.05) is 5.41 Å². The largest absolute Gasteiger partial charge is 0.434 e. The van der Waals surface area contributed by atoms with Gasteiger partial charge in [0.15, 0.2) is 0 Å². The SMILES string of the molecule is C[C@@H]1CC[C@H]2C(C)(C)[C@@H](O)CC[C@]2(C)[C@@]1(O)CC[C@H]1C=COC1=O. The van der Waals surface area contributed by atoms with Crippen LogP contribution in [0.5, 0.6) is 0 Å². The van der Waals surface area contributed by atoms with E-state index in [1.54, 1.807) is 6.08 Å². The Kier molecular flexibility index (Phi) is 4.37. The third-order valence-electron chi connectivity index (χ3n) is 7.79. The molecule has 1 aliphatic heterocycles. The fraction of sp³-hybridized carbons (Fsp3) is 0.850. The Morgan fingerprint density at radius 3 is 2.58 bits per heavy atom. The Bertz CT molecular complexity index is 540. The second kappa shape index (κ2) is 5.84. The first kappa shape index (κ1) is 17.9. The zero-order valence-electron chi connectivity index (χ0n) is 15.4. The molecule has 0 spiro atoms. The molecular formula is C20H32O4. The quantitative estimate of drug-likeness (QED) is 0.775. The molecule has 6 atom stereocenters. The number of carbonyl (C=O) groups is 1. The van der Waals surface area contributed by atoms with Crippen molar-refractivity contribution in [2.75, 3.05) is 0 Å². The number of aliphatic hydroxyl groups is 2. The van der Waals surface area contributed by atoms with Gasteiger partial charge in [0.2, 0.25) is 0 Å². The van der Waals surface area contributed by atoms with Crippen LogP contribution in [-0.4, -0.2) is 27.9 Å². The minimum Gasteiger partial charge on any atom is -0.434 e. The van der Waals surface area contributed by atoms with E-state index in [1.165, 1.54) is 6.26 Å². The molecule has 24 heavy (non-hydrogen) atoms. The maximum Gasteiger partial charge on any atom is 0.317 e. The first-order chi connectivity index (χ1) is 11.1. The average molecular weight is 336 g/mol. The fourth-order valence-electron chi connectivity index (χ4n) is 5.95. The summed E-state index contributed by atoms with van der Waals surface area (Å²) in [4.78, 5) is 11.7. The Morgan fingerprint density at radius 2 is 1.96 bits per heavy atom. The molecular weight excluding hydrogens is 304 g/mol. The summed E-state index contributed by atoms with van der Waals surface area (Å²) in [5.74, 6) is 0.0581. The molecule has 136 valence electrons. The van der Waals surface area contributed by atoms with Crippen molar-refractivity contribution in [2.45, 2.75) is 77.9 Å². The highest BCUT2D eigenvalue weighted by molar-refractivity contribution is 5.77. The Morgan fingerprint density at radius 1 is 1.25 bits per heavy atom. The van der Waals surface area contributed by atoms with Gasteiger partial charge < -0.3 is 14.9 Å². The third kappa shape index (κ3) is 2.45.